The third-order valence-corrected chi connectivity index (χ3v) is 3.69. The van der Waals surface area contributed by atoms with Gasteiger partial charge in [0.2, 0.25) is 0 Å². The number of halogens is 1. The standard InChI is InChI=1S/C10H15BrN2O3S/c1-12(4-5-17(3,15)16)10(14)9-6-8(11)7-13(9)2/h6-7H,4-5H2,1-3H3. The molecule has 0 atom stereocenters. The smallest absolute Gasteiger partial charge is 0.270 e. The molecular weight excluding hydrogens is 308 g/mol. The molecule has 5 nitrogen and oxygen atoms in total. The quantitative estimate of drug-likeness (QED) is 0.827. The van der Waals surface area contributed by atoms with Crippen LogP contribution in [0, 0.1) is 0 Å². The summed E-state index contributed by atoms with van der Waals surface area (Å²) in [6.07, 6.45) is 2.93. The first-order valence-electron chi connectivity index (χ1n) is 4.96. The van der Waals surface area contributed by atoms with Gasteiger partial charge in [-0.15, -0.1) is 0 Å². The average Bonchev–Trinajstić information content (AvgIpc) is 2.52. The molecule has 0 aliphatic carbocycles. The number of aryl methyl sites for hydroxylation is 1. The van der Waals surface area contributed by atoms with Gasteiger partial charge in [-0.05, 0) is 22.0 Å². The molecule has 1 amide bonds. The van der Waals surface area contributed by atoms with Crippen molar-refractivity contribution in [3.8, 4) is 0 Å². The van der Waals surface area contributed by atoms with Crippen molar-refractivity contribution in [1.82, 2.24) is 9.47 Å². The van der Waals surface area contributed by atoms with Crippen molar-refractivity contribution < 1.29 is 13.2 Å². The highest BCUT2D eigenvalue weighted by molar-refractivity contribution is 9.10. The lowest BCUT2D eigenvalue weighted by molar-refractivity contribution is 0.0794. The second-order valence-corrected chi connectivity index (χ2v) is 7.19. The molecule has 0 N–H and O–H groups in total. The fourth-order valence-electron chi connectivity index (χ4n) is 1.34. The van der Waals surface area contributed by atoms with Crippen LogP contribution in [0.4, 0.5) is 0 Å². The van der Waals surface area contributed by atoms with E-state index in [1.54, 1.807) is 30.9 Å². The summed E-state index contributed by atoms with van der Waals surface area (Å²) < 4.78 is 24.5. The Balaban J connectivity index is 2.74. The fraction of sp³-hybridized carbons (Fsp3) is 0.500. The normalized spacial score (nSPS) is 11.5. The van der Waals surface area contributed by atoms with Gasteiger partial charge >= 0.3 is 0 Å². The summed E-state index contributed by atoms with van der Waals surface area (Å²) in [5, 5.41) is 0. The number of hydrogen-bond donors (Lipinski definition) is 0. The number of amides is 1. The molecule has 0 unspecified atom stereocenters. The van der Waals surface area contributed by atoms with Crippen molar-refractivity contribution in [1.29, 1.82) is 0 Å². The van der Waals surface area contributed by atoms with Crippen molar-refractivity contribution in [2.75, 3.05) is 25.6 Å². The molecule has 7 heteroatoms. The molecule has 17 heavy (non-hydrogen) atoms. The maximum Gasteiger partial charge on any atom is 0.270 e. The molecule has 1 aromatic heterocycles. The molecule has 0 radical (unpaired) electrons. The van der Waals surface area contributed by atoms with Crippen LogP contribution in [0.3, 0.4) is 0 Å². The minimum atomic E-state index is -3.05. The molecule has 1 aromatic rings. The molecule has 1 heterocycles. The van der Waals surface area contributed by atoms with Crippen LogP contribution in [0.5, 0.6) is 0 Å². The summed E-state index contributed by atoms with van der Waals surface area (Å²) >= 11 is 3.28. The molecular formula is C10H15BrN2O3S. The Kier molecular flexibility index (Phi) is 4.37. The Bertz CT molecular complexity index is 522. The van der Waals surface area contributed by atoms with Gasteiger partial charge in [-0.3, -0.25) is 4.79 Å². The van der Waals surface area contributed by atoms with Crippen molar-refractivity contribution in [2.24, 2.45) is 7.05 Å². The van der Waals surface area contributed by atoms with E-state index in [0.717, 1.165) is 10.7 Å². The van der Waals surface area contributed by atoms with Gasteiger partial charge in [-0.1, -0.05) is 0 Å². The molecule has 96 valence electrons. The summed E-state index contributed by atoms with van der Waals surface area (Å²) in [6, 6.07) is 1.71. The molecule has 1 rings (SSSR count). The zero-order valence-corrected chi connectivity index (χ0v) is 12.4. The third-order valence-electron chi connectivity index (χ3n) is 2.33. The van der Waals surface area contributed by atoms with E-state index in [0.29, 0.717) is 5.69 Å². The first-order chi connectivity index (χ1) is 7.70. The van der Waals surface area contributed by atoms with Crippen LogP contribution in [-0.2, 0) is 16.9 Å². The zero-order chi connectivity index (χ0) is 13.2. The Morgan fingerprint density at radius 2 is 2.12 bits per heavy atom. The lowest BCUT2D eigenvalue weighted by Gasteiger charge is -2.16. The topological polar surface area (TPSA) is 59.4 Å². The number of nitrogens with zero attached hydrogens (tertiary/aromatic N) is 2. The largest absolute Gasteiger partial charge is 0.345 e. The highest BCUT2D eigenvalue weighted by Crippen LogP contribution is 2.14. The summed E-state index contributed by atoms with van der Waals surface area (Å²) in [4.78, 5) is 13.4. The monoisotopic (exact) mass is 322 g/mol. The maximum atomic E-state index is 12.0. The highest BCUT2D eigenvalue weighted by atomic mass is 79.9. The minimum absolute atomic E-state index is 0.0270. The predicted octanol–water partition coefficient (Wildman–Crippen LogP) is 0.904. The fourth-order valence-corrected chi connectivity index (χ4v) is 2.47. The summed E-state index contributed by atoms with van der Waals surface area (Å²) in [6.45, 7) is 0.195. The van der Waals surface area contributed by atoms with Crippen LogP contribution in [0.1, 0.15) is 10.5 Å². The Hall–Kier alpha value is -0.820. The van der Waals surface area contributed by atoms with Crippen LogP contribution in [0.2, 0.25) is 0 Å². The summed E-state index contributed by atoms with van der Waals surface area (Å²) in [5.74, 6) is -0.220. The molecule has 0 fully saturated rings. The average molecular weight is 323 g/mol. The van der Waals surface area contributed by atoms with Gasteiger partial charge in [0.05, 0.1) is 5.75 Å². The molecule has 0 aliphatic rings. The van der Waals surface area contributed by atoms with Crippen molar-refractivity contribution in [3.05, 3.63) is 22.4 Å². The number of hydrogen-bond acceptors (Lipinski definition) is 3. The van der Waals surface area contributed by atoms with E-state index in [1.165, 1.54) is 4.90 Å². The summed E-state index contributed by atoms with van der Waals surface area (Å²) in [7, 11) is 0.308. The predicted molar refractivity (Wildman–Crippen MR) is 69.8 cm³/mol. The first-order valence-corrected chi connectivity index (χ1v) is 7.81. The van der Waals surface area contributed by atoms with Gasteiger partial charge in [0.1, 0.15) is 15.5 Å². The van der Waals surface area contributed by atoms with Gasteiger partial charge < -0.3 is 9.47 Å². The van der Waals surface area contributed by atoms with Crippen molar-refractivity contribution >= 4 is 31.7 Å². The van der Waals surface area contributed by atoms with Gasteiger partial charge in [0.15, 0.2) is 0 Å². The third kappa shape index (κ3) is 4.16. The molecule has 0 aliphatic heterocycles. The molecule has 0 bridgehead atoms. The van der Waals surface area contributed by atoms with Gasteiger partial charge in [-0.2, -0.15) is 0 Å². The first kappa shape index (κ1) is 14.2. The van der Waals surface area contributed by atoms with Gasteiger partial charge in [0.25, 0.3) is 5.91 Å². The second kappa shape index (κ2) is 5.22. The van der Waals surface area contributed by atoms with E-state index in [2.05, 4.69) is 15.9 Å². The van der Waals surface area contributed by atoms with Crippen LogP contribution < -0.4 is 0 Å². The van der Waals surface area contributed by atoms with Crippen LogP contribution >= 0.6 is 15.9 Å². The number of aromatic nitrogens is 1. The van der Waals surface area contributed by atoms with E-state index < -0.39 is 9.84 Å². The van der Waals surface area contributed by atoms with Crippen LogP contribution in [0.25, 0.3) is 0 Å². The number of carbonyl (C=O) groups is 1. The minimum Gasteiger partial charge on any atom is -0.345 e. The lowest BCUT2D eigenvalue weighted by atomic mass is 10.3. The van der Waals surface area contributed by atoms with Gasteiger partial charge in [0, 0.05) is 37.6 Å². The van der Waals surface area contributed by atoms with Gasteiger partial charge in [-0.25, -0.2) is 8.42 Å². The van der Waals surface area contributed by atoms with Crippen molar-refractivity contribution in [2.45, 2.75) is 0 Å². The number of sulfone groups is 1. The Labute approximate surface area is 109 Å². The Morgan fingerprint density at radius 1 is 1.53 bits per heavy atom. The molecule has 0 saturated carbocycles. The van der Waals surface area contributed by atoms with Crippen LogP contribution in [-0.4, -0.2) is 49.4 Å². The van der Waals surface area contributed by atoms with E-state index in [9.17, 15) is 13.2 Å². The maximum absolute atomic E-state index is 12.0. The molecule has 0 aromatic carbocycles. The zero-order valence-electron chi connectivity index (χ0n) is 9.97. The van der Waals surface area contributed by atoms with E-state index >= 15 is 0 Å². The van der Waals surface area contributed by atoms with Crippen LogP contribution in [0.15, 0.2) is 16.7 Å². The summed E-state index contributed by atoms with van der Waals surface area (Å²) in [5.41, 5.74) is 0.521. The lowest BCUT2D eigenvalue weighted by Crippen LogP contribution is -2.32. The SMILES string of the molecule is CN(CCS(C)(=O)=O)C(=O)c1cc(Br)cn1C. The second-order valence-electron chi connectivity index (χ2n) is 4.01. The number of carbonyl (C=O) groups excluding carboxylic acids is 1. The highest BCUT2D eigenvalue weighted by Gasteiger charge is 2.16. The molecule has 0 saturated heterocycles. The van der Waals surface area contributed by atoms with E-state index in [-0.39, 0.29) is 18.2 Å². The number of rotatable bonds is 4. The Morgan fingerprint density at radius 3 is 2.53 bits per heavy atom. The molecule has 0 spiro atoms. The van der Waals surface area contributed by atoms with Crippen molar-refractivity contribution in [3.63, 3.8) is 0 Å². The van der Waals surface area contributed by atoms with E-state index in [1.807, 2.05) is 0 Å². The van der Waals surface area contributed by atoms with E-state index in [4.69, 9.17) is 0 Å².